The van der Waals surface area contributed by atoms with E-state index in [0.29, 0.717) is 13.0 Å². The second-order valence-corrected chi connectivity index (χ2v) is 4.89. The second kappa shape index (κ2) is 8.12. The van der Waals surface area contributed by atoms with Crippen molar-refractivity contribution in [2.75, 3.05) is 26.2 Å². The Hall–Kier alpha value is -1.26. The summed E-state index contributed by atoms with van der Waals surface area (Å²) in [6.07, 6.45) is 0.469. The van der Waals surface area contributed by atoms with Crippen LogP contribution < -0.4 is 10.1 Å². The van der Waals surface area contributed by atoms with Crippen molar-refractivity contribution in [1.29, 1.82) is 0 Å². The Morgan fingerprint density at radius 3 is 2.70 bits per heavy atom. The minimum absolute atomic E-state index is 0. The summed E-state index contributed by atoms with van der Waals surface area (Å²) < 4.78 is 5.40. The van der Waals surface area contributed by atoms with Gasteiger partial charge in [-0.2, -0.15) is 0 Å². The van der Waals surface area contributed by atoms with Crippen LogP contribution in [0.25, 0.3) is 0 Å². The van der Waals surface area contributed by atoms with Crippen LogP contribution in [-0.4, -0.2) is 43.1 Å². The summed E-state index contributed by atoms with van der Waals surface area (Å²) in [4.78, 5) is 14.2. The van der Waals surface area contributed by atoms with Crippen molar-refractivity contribution in [3.8, 4) is 5.75 Å². The summed E-state index contributed by atoms with van der Waals surface area (Å²) in [5, 5.41) is 3.29. The lowest BCUT2D eigenvalue weighted by atomic mass is 10.1. The van der Waals surface area contributed by atoms with Crippen molar-refractivity contribution in [3.05, 3.63) is 29.8 Å². The highest BCUT2D eigenvalue weighted by atomic mass is 35.5. The van der Waals surface area contributed by atoms with E-state index in [1.165, 1.54) is 0 Å². The van der Waals surface area contributed by atoms with Gasteiger partial charge in [-0.1, -0.05) is 12.1 Å². The zero-order valence-electron chi connectivity index (χ0n) is 12.1. The maximum atomic E-state index is 12.3. The van der Waals surface area contributed by atoms with Gasteiger partial charge in [0.25, 0.3) is 0 Å². The monoisotopic (exact) mass is 298 g/mol. The molecule has 1 fully saturated rings. The van der Waals surface area contributed by atoms with Crippen molar-refractivity contribution < 1.29 is 9.53 Å². The highest BCUT2D eigenvalue weighted by Gasteiger charge is 2.22. The molecule has 20 heavy (non-hydrogen) atoms. The summed E-state index contributed by atoms with van der Waals surface area (Å²) in [6, 6.07) is 8.07. The van der Waals surface area contributed by atoms with E-state index in [2.05, 4.69) is 12.2 Å². The first kappa shape index (κ1) is 16.8. The van der Waals surface area contributed by atoms with E-state index < -0.39 is 0 Å². The summed E-state index contributed by atoms with van der Waals surface area (Å²) in [7, 11) is 0. The van der Waals surface area contributed by atoms with Crippen LogP contribution in [0.15, 0.2) is 24.3 Å². The van der Waals surface area contributed by atoms with Crippen molar-refractivity contribution in [1.82, 2.24) is 10.2 Å². The Morgan fingerprint density at radius 2 is 2.10 bits per heavy atom. The minimum atomic E-state index is 0. The number of piperazine rings is 1. The van der Waals surface area contributed by atoms with Crippen LogP contribution in [0.3, 0.4) is 0 Å². The molecule has 1 atom stereocenters. The van der Waals surface area contributed by atoms with Gasteiger partial charge in [0.05, 0.1) is 13.0 Å². The molecular weight excluding hydrogens is 276 g/mol. The third-order valence-corrected chi connectivity index (χ3v) is 3.41. The molecule has 2 rings (SSSR count). The van der Waals surface area contributed by atoms with Crippen LogP contribution >= 0.6 is 12.4 Å². The highest BCUT2D eigenvalue weighted by Crippen LogP contribution is 2.14. The average Bonchev–Trinajstić information content (AvgIpc) is 2.42. The number of carbonyl (C=O) groups is 1. The van der Waals surface area contributed by atoms with Crippen molar-refractivity contribution >= 4 is 18.3 Å². The number of carbonyl (C=O) groups excluding carboxylic acids is 1. The van der Waals surface area contributed by atoms with Gasteiger partial charge in [0.1, 0.15) is 5.75 Å². The van der Waals surface area contributed by atoms with Crippen molar-refractivity contribution in [3.63, 3.8) is 0 Å². The zero-order chi connectivity index (χ0) is 13.7. The lowest BCUT2D eigenvalue weighted by Crippen LogP contribution is -2.52. The summed E-state index contributed by atoms with van der Waals surface area (Å²) in [5.74, 6) is 1.06. The molecule has 1 aromatic carbocycles. The fourth-order valence-electron chi connectivity index (χ4n) is 2.36. The van der Waals surface area contributed by atoms with Crippen LogP contribution in [0.4, 0.5) is 0 Å². The maximum absolute atomic E-state index is 12.3. The van der Waals surface area contributed by atoms with Gasteiger partial charge in [0, 0.05) is 25.7 Å². The van der Waals surface area contributed by atoms with E-state index in [9.17, 15) is 4.79 Å². The number of benzene rings is 1. The Bertz CT molecular complexity index is 422. The molecule has 0 radical (unpaired) electrons. The topological polar surface area (TPSA) is 41.6 Å². The zero-order valence-corrected chi connectivity index (χ0v) is 12.9. The van der Waals surface area contributed by atoms with Crippen LogP contribution in [0, 0.1) is 0 Å². The molecule has 0 aromatic heterocycles. The van der Waals surface area contributed by atoms with Crippen LogP contribution in [0.5, 0.6) is 5.75 Å². The van der Waals surface area contributed by atoms with Crippen molar-refractivity contribution in [2.45, 2.75) is 26.3 Å². The average molecular weight is 299 g/mol. The number of rotatable bonds is 4. The molecule has 1 aliphatic rings. The Labute approximate surface area is 126 Å². The van der Waals surface area contributed by atoms with Gasteiger partial charge in [0.2, 0.25) is 5.91 Å². The number of hydrogen-bond acceptors (Lipinski definition) is 3. The molecule has 1 aromatic rings. The van der Waals surface area contributed by atoms with Gasteiger partial charge < -0.3 is 15.0 Å². The predicted octanol–water partition coefficient (Wildman–Crippen LogP) is 1.87. The molecule has 112 valence electrons. The largest absolute Gasteiger partial charge is 0.494 e. The molecule has 1 aliphatic heterocycles. The molecule has 0 aliphatic carbocycles. The molecule has 0 spiro atoms. The first-order valence-electron chi connectivity index (χ1n) is 6.92. The normalized spacial score (nSPS) is 18.3. The first-order valence-corrected chi connectivity index (χ1v) is 6.92. The molecule has 4 nitrogen and oxygen atoms in total. The molecule has 5 heteroatoms. The first-order chi connectivity index (χ1) is 9.20. The molecule has 1 N–H and O–H groups in total. The standard InChI is InChI=1S/C15H22N2O2.ClH/c1-3-19-14-6-4-13(5-7-14)10-15(18)17-9-8-16-11-12(17)2;/h4-7,12,16H,3,8-11H2,1-2H3;1H/t12-;/m0./s1. The van der Waals surface area contributed by atoms with E-state index >= 15 is 0 Å². The number of hydrogen-bond donors (Lipinski definition) is 1. The third kappa shape index (κ3) is 4.39. The van der Waals surface area contributed by atoms with Gasteiger partial charge in [0.15, 0.2) is 0 Å². The molecule has 0 bridgehead atoms. The number of ether oxygens (including phenoxy) is 1. The minimum Gasteiger partial charge on any atom is -0.494 e. The van der Waals surface area contributed by atoms with Crippen molar-refractivity contribution in [2.24, 2.45) is 0 Å². The molecule has 0 unspecified atom stereocenters. The van der Waals surface area contributed by atoms with E-state index in [4.69, 9.17) is 4.74 Å². The fourth-order valence-corrected chi connectivity index (χ4v) is 2.36. The predicted molar refractivity (Wildman–Crippen MR) is 82.6 cm³/mol. The molecule has 1 saturated heterocycles. The van der Waals surface area contributed by atoms with Gasteiger partial charge in [-0.25, -0.2) is 0 Å². The number of amides is 1. The Balaban J connectivity index is 0.00000200. The SMILES string of the molecule is CCOc1ccc(CC(=O)N2CCNC[C@@H]2C)cc1.Cl. The van der Waals surface area contributed by atoms with E-state index in [-0.39, 0.29) is 24.4 Å². The quantitative estimate of drug-likeness (QED) is 0.923. The highest BCUT2D eigenvalue weighted by molar-refractivity contribution is 5.85. The van der Waals surface area contributed by atoms with Gasteiger partial charge in [-0.3, -0.25) is 4.79 Å². The lowest BCUT2D eigenvalue weighted by molar-refractivity contribution is -0.133. The molecular formula is C15H23ClN2O2. The smallest absolute Gasteiger partial charge is 0.227 e. The van der Waals surface area contributed by atoms with E-state index in [1.807, 2.05) is 36.1 Å². The number of halogens is 1. The Kier molecular flexibility index (Phi) is 6.82. The molecule has 1 amide bonds. The summed E-state index contributed by atoms with van der Waals surface area (Å²) >= 11 is 0. The van der Waals surface area contributed by atoms with Crippen LogP contribution in [-0.2, 0) is 11.2 Å². The van der Waals surface area contributed by atoms with E-state index in [1.54, 1.807) is 0 Å². The third-order valence-electron chi connectivity index (χ3n) is 3.41. The summed E-state index contributed by atoms with van der Waals surface area (Å²) in [6.45, 7) is 7.29. The lowest BCUT2D eigenvalue weighted by Gasteiger charge is -2.34. The van der Waals surface area contributed by atoms with Crippen LogP contribution in [0.1, 0.15) is 19.4 Å². The van der Waals surface area contributed by atoms with Gasteiger partial charge in [-0.05, 0) is 31.5 Å². The molecule has 0 saturated carbocycles. The van der Waals surface area contributed by atoms with E-state index in [0.717, 1.165) is 30.9 Å². The number of nitrogens with zero attached hydrogens (tertiary/aromatic N) is 1. The fraction of sp³-hybridized carbons (Fsp3) is 0.533. The summed E-state index contributed by atoms with van der Waals surface area (Å²) in [5.41, 5.74) is 1.04. The molecule has 1 heterocycles. The maximum Gasteiger partial charge on any atom is 0.227 e. The number of nitrogens with one attached hydrogen (secondary N) is 1. The van der Waals surface area contributed by atoms with Gasteiger partial charge in [-0.15, -0.1) is 12.4 Å². The second-order valence-electron chi connectivity index (χ2n) is 4.89. The van der Waals surface area contributed by atoms with Gasteiger partial charge >= 0.3 is 0 Å². The van der Waals surface area contributed by atoms with Crippen LogP contribution in [0.2, 0.25) is 0 Å². The Morgan fingerprint density at radius 1 is 1.40 bits per heavy atom.